The number of aromatic nitrogens is 4. The van der Waals surface area contributed by atoms with Gasteiger partial charge in [0.25, 0.3) is 0 Å². The van der Waals surface area contributed by atoms with Crippen molar-refractivity contribution in [2.24, 2.45) is 7.05 Å². The van der Waals surface area contributed by atoms with Crippen LogP contribution in [0.5, 0.6) is 11.5 Å². The number of aryl methyl sites for hydroxylation is 2. The lowest BCUT2D eigenvalue weighted by Crippen LogP contribution is -1.99. The van der Waals surface area contributed by atoms with E-state index in [0.29, 0.717) is 29.4 Å². The molecular weight excluding hydrogens is 294 g/mol. The minimum absolute atomic E-state index is 0.482. The van der Waals surface area contributed by atoms with E-state index in [4.69, 9.17) is 4.74 Å². The van der Waals surface area contributed by atoms with E-state index < -0.39 is 0 Å². The molecule has 1 N–H and O–H groups in total. The molecule has 0 atom stereocenters. The summed E-state index contributed by atoms with van der Waals surface area (Å²) in [5.41, 5.74) is 2.37. The number of hydrogen-bond acceptors (Lipinski definition) is 5. The molecule has 0 saturated carbocycles. The second-order valence-corrected chi connectivity index (χ2v) is 4.92. The van der Waals surface area contributed by atoms with Gasteiger partial charge in [-0.05, 0) is 25.1 Å². The molecule has 7 nitrogen and oxygen atoms in total. The molecule has 0 radical (unpaired) electrons. The van der Waals surface area contributed by atoms with Gasteiger partial charge < -0.3 is 10.1 Å². The Kier molecular flexibility index (Phi) is 4.01. The normalized spacial score (nSPS) is 10.3. The highest BCUT2D eigenvalue weighted by Crippen LogP contribution is 2.27. The fraction of sp³-hybridized carbons (Fsp3) is 0.125. The number of nitrogens with zero attached hydrogens (tertiary/aromatic N) is 4. The van der Waals surface area contributed by atoms with Crippen molar-refractivity contribution >= 4 is 12.2 Å². The Morgan fingerprint density at radius 3 is 2.87 bits per heavy atom. The number of rotatable bonds is 5. The Morgan fingerprint density at radius 2 is 2.17 bits per heavy atom. The van der Waals surface area contributed by atoms with E-state index in [-0.39, 0.29) is 0 Å². The molecule has 116 valence electrons. The summed E-state index contributed by atoms with van der Waals surface area (Å²) in [5, 5.41) is 6.64. The third-order valence-electron chi connectivity index (χ3n) is 3.20. The highest BCUT2D eigenvalue weighted by Gasteiger charge is 2.07. The standard InChI is InChI=1S/C16H15N5O2/c1-11-15(3-4-16(20-11)18-10-22)23-13-5-6-17-14(7-13)12-8-19-21(2)9-12/h3-10H,1-2H3,(H,18,20,22). The van der Waals surface area contributed by atoms with E-state index in [1.54, 1.807) is 35.3 Å². The van der Waals surface area contributed by atoms with E-state index in [9.17, 15) is 4.79 Å². The fourth-order valence-electron chi connectivity index (χ4n) is 2.11. The first kappa shape index (κ1) is 14.7. The fourth-order valence-corrected chi connectivity index (χ4v) is 2.11. The summed E-state index contributed by atoms with van der Waals surface area (Å²) in [6, 6.07) is 7.06. The maximum Gasteiger partial charge on any atom is 0.212 e. The molecule has 0 aliphatic carbocycles. The first-order valence-electron chi connectivity index (χ1n) is 6.96. The molecule has 1 amide bonds. The van der Waals surface area contributed by atoms with Gasteiger partial charge in [0, 0.05) is 31.1 Å². The highest BCUT2D eigenvalue weighted by atomic mass is 16.5. The molecule has 7 heteroatoms. The van der Waals surface area contributed by atoms with Crippen molar-refractivity contribution < 1.29 is 9.53 Å². The number of nitrogens with one attached hydrogen (secondary N) is 1. The number of pyridine rings is 2. The van der Waals surface area contributed by atoms with Crippen LogP contribution in [0.15, 0.2) is 42.9 Å². The summed E-state index contributed by atoms with van der Waals surface area (Å²) < 4.78 is 7.59. The van der Waals surface area contributed by atoms with Gasteiger partial charge in [0.05, 0.1) is 17.6 Å². The van der Waals surface area contributed by atoms with Crippen molar-refractivity contribution in [3.05, 3.63) is 48.5 Å². The Bertz CT molecular complexity index is 844. The molecule has 3 rings (SSSR count). The zero-order chi connectivity index (χ0) is 16.2. The molecule has 0 bridgehead atoms. The van der Waals surface area contributed by atoms with E-state index in [0.717, 1.165) is 11.3 Å². The predicted molar refractivity (Wildman–Crippen MR) is 85.2 cm³/mol. The Morgan fingerprint density at radius 1 is 1.30 bits per heavy atom. The number of carbonyl (C=O) groups is 1. The molecule has 0 aromatic carbocycles. The van der Waals surface area contributed by atoms with Crippen molar-refractivity contribution in [1.82, 2.24) is 19.7 Å². The summed E-state index contributed by atoms with van der Waals surface area (Å²) in [4.78, 5) is 19.0. The molecule has 0 aliphatic rings. The van der Waals surface area contributed by atoms with Crippen LogP contribution in [0.25, 0.3) is 11.3 Å². The van der Waals surface area contributed by atoms with Gasteiger partial charge in [0.2, 0.25) is 6.41 Å². The first-order valence-corrected chi connectivity index (χ1v) is 6.96. The van der Waals surface area contributed by atoms with Crippen LogP contribution in [0.3, 0.4) is 0 Å². The molecule has 0 aliphatic heterocycles. The second-order valence-electron chi connectivity index (χ2n) is 4.92. The smallest absolute Gasteiger partial charge is 0.212 e. The van der Waals surface area contributed by atoms with Crippen molar-refractivity contribution in [3.8, 4) is 22.8 Å². The van der Waals surface area contributed by atoms with E-state index in [1.165, 1.54) is 0 Å². The van der Waals surface area contributed by atoms with Crippen LogP contribution in [-0.4, -0.2) is 26.2 Å². The lowest BCUT2D eigenvalue weighted by molar-refractivity contribution is -0.105. The van der Waals surface area contributed by atoms with Gasteiger partial charge in [0.1, 0.15) is 17.3 Å². The molecule has 0 spiro atoms. The Balaban J connectivity index is 1.84. The summed E-state index contributed by atoms with van der Waals surface area (Å²) in [6.45, 7) is 1.81. The van der Waals surface area contributed by atoms with Gasteiger partial charge in [-0.2, -0.15) is 5.10 Å². The lowest BCUT2D eigenvalue weighted by Gasteiger charge is -2.09. The van der Waals surface area contributed by atoms with Gasteiger partial charge in [-0.3, -0.25) is 14.5 Å². The van der Waals surface area contributed by atoms with Crippen LogP contribution in [-0.2, 0) is 11.8 Å². The third-order valence-corrected chi connectivity index (χ3v) is 3.20. The monoisotopic (exact) mass is 309 g/mol. The predicted octanol–water partition coefficient (Wildman–Crippen LogP) is 2.55. The summed E-state index contributed by atoms with van der Waals surface area (Å²) in [7, 11) is 1.85. The number of anilines is 1. The van der Waals surface area contributed by atoms with Crippen LogP contribution in [0, 0.1) is 6.92 Å². The molecular formula is C16H15N5O2. The van der Waals surface area contributed by atoms with Crippen LogP contribution < -0.4 is 10.1 Å². The maximum atomic E-state index is 10.4. The zero-order valence-electron chi connectivity index (χ0n) is 12.7. The summed E-state index contributed by atoms with van der Waals surface area (Å²) in [5.74, 6) is 1.75. The van der Waals surface area contributed by atoms with Gasteiger partial charge in [-0.25, -0.2) is 4.98 Å². The minimum atomic E-state index is 0.482. The SMILES string of the molecule is Cc1nc(NC=O)ccc1Oc1ccnc(-c2cnn(C)c2)c1. The summed E-state index contributed by atoms with van der Waals surface area (Å²) >= 11 is 0. The van der Waals surface area contributed by atoms with Crippen LogP contribution in [0.2, 0.25) is 0 Å². The molecule has 3 heterocycles. The second kappa shape index (κ2) is 6.27. The molecule has 0 unspecified atom stereocenters. The van der Waals surface area contributed by atoms with Crippen molar-refractivity contribution in [1.29, 1.82) is 0 Å². The average molecular weight is 309 g/mol. The minimum Gasteiger partial charge on any atom is -0.455 e. The molecule has 0 saturated heterocycles. The number of amides is 1. The lowest BCUT2D eigenvalue weighted by atomic mass is 10.2. The summed E-state index contributed by atoms with van der Waals surface area (Å²) in [6.07, 6.45) is 5.91. The van der Waals surface area contributed by atoms with Crippen molar-refractivity contribution in [2.75, 3.05) is 5.32 Å². The van der Waals surface area contributed by atoms with Crippen molar-refractivity contribution in [3.63, 3.8) is 0 Å². The molecule has 3 aromatic heterocycles. The average Bonchev–Trinajstić information content (AvgIpc) is 2.97. The Hall–Kier alpha value is -3.22. The largest absolute Gasteiger partial charge is 0.455 e. The topological polar surface area (TPSA) is 81.9 Å². The number of hydrogen-bond donors (Lipinski definition) is 1. The Labute approximate surface area is 133 Å². The van der Waals surface area contributed by atoms with Gasteiger partial charge in [0.15, 0.2) is 0 Å². The van der Waals surface area contributed by atoms with Crippen LogP contribution in [0.1, 0.15) is 5.69 Å². The van der Waals surface area contributed by atoms with Gasteiger partial charge >= 0.3 is 0 Å². The quantitative estimate of drug-likeness (QED) is 0.732. The van der Waals surface area contributed by atoms with Crippen LogP contribution in [0.4, 0.5) is 5.82 Å². The zero-order valence-corrected chi connectivity index (χ0v) is 12.7. The van der Waals surface area contributed by atoms with Crippen molar-refractivity contribution in [2.45, 2.75) is 6.92 Å². The molecule has 23 heavy (non-hydrogen) atoms. The van der Waals surface area contributed by atoms with E-state index in [2.05, 4.69) is 20.4 Å². The maximum absolute atomic E-state index is 10.4. The van der Waals surface area contributed by atoms with E-state index in [1.807, 2.05) is 26.2 Å². The van der Waals surface area contributed by atoms with Crippen LogP contribution >= 0.6 is 0 Å². The van der Waals surface area contributed by atoms with Gasteiger partial charge in [-0.1, -0.05) is 0 Å². The highest BCUT2D eigenvalue weighted by molar-refractivity contribution is 5.69. The number of ether oxygens (including phenoxy) is 1. The third kappa shape index (κ3) is 3.34. The van der Waals surface area contributed by atoms with Gasteiger partial charge in [-0.15, -0.1) is 0 Å². The molecule has 3 aromatic rings. The number of carbonyl (C=O) groups excluding carboxylic acids is 1. The van der Waals surface area contributed by atoms with E-state index >= 15 is 0 Å². The first-order chi connectivity index (χ1) is 11.2. The molecule has 0 fully saturated rings.